The first-order chi connectivity index (χ1) is 9.37. The Morgan fingerprint density at radius 1 is 1.05 bits per heavy atom. The maximum atomic E-state index is 12.3. The molecule has 0 spiro atoms. The monoisotopic (exact) mass is 337 g/mol. The Hall–Kier alpha value is -1.43. The number of benzene rings is 2. The van der Waals surface area contributed by atoms with E-state index in [2.05, 4.69) is 4.74 Å². The van der Waals surface area contributed by atoms with Gasteiger partial charge in [0.25, 0.3) is 0 Å². The Labute approximate surface area is 131 Å². The summed E-state index contributed by atoms with van der Waals surface area (Å²) in [5.74, 6) is -0.296. The van der Waals surface area contributed by atoms with Gasteiger partial charge in [-0.15, -0.1) is 25.6 Å². The number of nitrogens with two attached hydrogens (primary N) is 1. The van der Waals surface area contributed by atoms with Crippen molar-refractivity contribution in [3.8, 4) is 16.9 Å². The molecule has 0 atom stereocenters. The zero-order valence-corrected chi connectivity index (χ0v) is 12.2. The normalized spacial score (nSPS) is 10.9. The van der Waals surface area contributed by atoms with Crippen LogP contribution in [0.2, 0.25) is 5.02 Å². The van der Waals surface area contributed by atoms with Gasteiger partial charge in [0.1, 0.15) is 5.75 Å². The van der Waals surface area contributed by atoms with E-state index in [1.54, 1.807) is 30.3 Å². The molecule has 114 valence electrons. The Morgan fingerprint density at radius 3 is 2.33 bits per heavy atom. The smallest absolute Gasteiger partial charge is 0.406 e. The van der Waals surface area contributed by atoms with Gasteiger partial charge in [-0.25, -0.2) is 0 Å². The van der Waals surface area contributed by atoms with Gasteiger partial charge in [0.05, 0.1) is 0 Å². The van der Waals surface area contributed by atoms with Gasteiger partial charge in [0.15, 0.2) is 0 Å². The Balaban J connectivity index is 0.00000220. The molecule has 2 rings (SSSR count). The number of hydrogen-bond donors (Lipinski definition) is 1. The average molecular weight is 338 g/mol. The van der Waals surface area contributed by atoms with Crippen LogP contribution in [0.4, 0.5) is 13.2 Å². The molecule has 0 unspecified atom stereocenters. The summed E-state index contributed by atoms with van der Waals surface area (Å²) in [5, 5.41) is 0.499. The van der Waals surface area contributed by atoms with Crippen LogP contribution >= 0.6 is 24.0 Å². The predicted octanol–water partition coefficient (Wildman–Crippen LogP) is 4.79. The minimum absolute atomic E-state index is 0. The zero-order valence-electron chi connectivity index (χ0n) is 10.7. The van der Waals surface area contributed by atoms with E-state index < -0.39 is 6.36 Å². The summed E-state index contributed by atoms with van der Waals surface area (Å²) >= 11 is 5.88. The average Bonchev–Trinajstić information content (AvgIpc) is 2.36. The highest BCUT2D eigenvalue weighted by atomic mass is 35.5. The van der Waals surface area contributed by atoms with Crippen molar-refractivity contribution in [1.82, 2.24) is 0 Å². The van der Waals surface area contributed by atoms with Crippen molar-refractivity contribution >= 4 is 24.0 Å². The topological polar surface area (TPSA) is 35.2 Å². The molecule has 0 heterocycles. The Kier molecular flexibility index (Phi) is 5.89. The van der Waals surface area contributed by atoms with Gasteiger partial charge in [-0.1, -0.05) is 23.7 Å². The molecule has 2 nitrogen and oxygen atoms in total. The van der Waals surface area contributed by atoms with Crippen molar-refractivity contribution in [3.05, 3.63) is 53.1 Å². The fourth-order valence-electron chi connectivity index (χ4n) is 1.81. The van der Waals surface area contributed by atoms with Gasteiger partial charge in [0, 0.05) is 11.6 Å². The SMILES string of the molecule is Cl.NCc1cc(OC(F)(F)F)cc(-c2cccc(Cl)c2)c1. The van der Waals surface area contributed by atoms with E-state index in [4.69, 9.17) is 17.3 Å². The molecule has 2 aromatic rings. The standard InChI is InChI=1S/C14H11ClF3NO.ClH/c15-12-3-1-2-10(6-12)11-4-9(8-19)5-13(7-11)20-14(16,17)18;/h1-7H,8,19H2;1H. The molecule has 0 aliphatic carbocycles. The van der Waals surface area contributed by atoms with Crippen LogP contribution in [0.1, 0.15) is 5.56 Å². The third-order valence-electron chi connectivity index (χ3n) is 2.59. The molecule has 0 aliphatic rings. The molecular weight excluding hydrogens is 326 g/mol. The molecule has 0 radical (unpaired) electrons. The summed E-state index contributed by atoms with van der Waals surface area (Å²) < 4.78 is 40.9. The van der Waals surface area contributed by atoms with Crippen LogP contribution in [0, 0.1) is 0 Å². The molecule has 0 saturated heterocycles. The lowest BCUT2D eigenvalue weighted by Gasteiger charge is -2.12. The number of ether oxygens (including phenoxy) is 1. The molecule has 21 heavy (non-hydrogen) atoms. The zero-order chi connectivity index (χ0) is 14.8. The highest BCUT2D eigenvalue weighted by Crippen LogP contribution is 2.30. The van der Waals surface area contributed by atoms with E-state index in [-0.39, 0.29) is 24.7 Å². The van der Waals surface area contributed by atoms with Crippen LogP contribution in [0.3, 0.4) is 0 Å². The van der Waals surface area contributed by atoms with E-state index >= 15 is 0 Å². The van der Waals surface area contributed by atoms with E-state index in [1.165, 1.54) is 12.1 Å². The maximum Gasteiger partial charge on any atom is 0.573 e. The van der Waals surface area contributed by atoms with Crippen molar-refractivity contribution in [2.75, 3.05) is 0 Å². The maximum absolute atomic E-state index is 12.3. The lowest BCUT2D eigenvalue weighted by Crippen LogP contribution is -2.17. The molecule has 2 aromatic carbocycles. The van der Waals surface area contributed by atoms with Crippen molar-refractivity contribution < 1.29 is 17.9 Å². The van der Waals surface area contributed by atoms with E-state index in [0.717, 1.165) is 0 Å². The van der Waals surface area contributed by atoms with Crippen LogP contribution in [0.15, 0.2) is 42.5 Å². The third kappa shape index (κ3) is 5.12. The fraction of sp³-hybridized carbons (Fsp3) is 0.143. The summed E-state index contributed by atoms with van der Waals surface area (Å²) in [6.07, 6.45) is -4.74. The molecule has 0 fully saturated rings. The highest BCUT2D eigenvalue weighted by molar-refractivity contribution is 6.30. The number of alkyl halides is 3. The van der Waals surface area contributed by atoms with Gasteiger partial charge < -0.3 is 10.5 Å². The number of hydrogen-bond acceptors (Lipinski definition) is 2. The van der Waals surface area contributed by atoms with Crippen LogP contribution in [-0.2, 0) is 6.54 Å². The van der Waals surface area contributed by atoms with Crippen LogP contribution < -0.4 is 10.5 Å². The lowest BCUT2D eigenvalue weighted by molar-refractivity contribution is -0.274. The quantitative estimate of drug-likeness (QED) is 0.874. The first-order valence-corrected chi connectivity index (χ1v) is 6.11. The highest BCUT2D eigenvalue weighted by Gasteiger charge is 2.31. The minimum atomic E-state index is -4.74. The van der Waals surface area contributed by atoms with Crippen LogP contribution in [0.5, 0.6) is 5.75 Å². The molecule has 0 saturated carbocycles. The molecule has 0 aromatic heterocycles. The molecule has 0 aliphatic heterocycles. The summed E-state index contributed by atoms with van der Waals surface area (Å²) in [6.45, 7) is 0.114. The van der Waals surface area contributed by atoms with Crippen LogP contribution in [-0.4, -0.2) is 6.36 Å². The summed E-state index contributed by atoms with van der Waals surface area (Å²) in [6, 6.07) is 11.1. The van der Waals surface area contributed by atoms with Gasteiger partial charge in [-0.3, -0.25) is 0 Å². The molecular formula is C14H12Cl2F3NO. The molecule has 0 bridgehead atoms. The van der Waals surface area contributed by atoms with Crippen LogP contribution in [0.25, 0.3) is 11.1 Å². The largest absolute Gasteiger partial charge is 0.573 e. The first kappa shape index (κ1) is 17.6. The van der Waals surface area contributed by atoms with Crippen molar-refractivity contribution in [3.63, 3.8) is 0 Å². The van der Waals surface area contributed by atoms with Crippen molar-refractivity contribution in [2.24, 2.45) is 5.73 Å². The predicted molar refractivity (Wildman–Crippen MR) is 78.7 cm³/mol. The second-order valence-corrected chi connectivity index (χ2v) is 4.56. The van der Waals surface area contributed by atoms with E-state index in [0.29, 0.717) is 21.7 Å². The van der Waals surface area contributed by atoms with E-state index in [1.807, 2.05) is 0 Å². The van der Waals surface area contributed by atoms with Gasteiger partial charge >= 0.3 is 6.36 Å². The van der Waals surface area contributed by atoms with Crippen molar-refractivity contribution in [2.45, 2.75) is 12.9 Å². The first-order valence-electron chi connectivity index (χ1n) is 5.73. The summed E-state index contributed by atoms with van der Waals surface area (Å²) in [7, 11) is 0. The molecule has 0 amide bonds. The Bertz CT molecular complexity index is 617. The third-order valence-corrected chi connectivity index (χ3v) is 2.83. The van der Waals surface area contributed by atoms with Gasteiger partial charge in [0.2, 0.25) is 0 Å². The molecule has 2 N–H and O–H groups in total. The lowest BCUT2D eigenvalue weighted by atomic mass is 10.0. The number of halogens is 5. The fourth-order valence-corrected chi connectivity index (χ4v) is 2.00. The second-order valence-electron chi connectivity index (χ2n) is 4.13. The minimum Gasteiger partial charge on any atom is -0.406 e. The van der Waals surface area contributed by atoms with Gasteiger partial charge in [-0.2, -0.15) is 0 Å². The summed E-state index contributed by atoms with van der Waals surface area (Å²) in [4.78, 5) is 0. The van der Waals surface area contributed by atoms with Crippen molar-refractivity contribution in [1.29, 1.82) is 0 Å². The van der Waals surface area contributed by atoms with E-state index in [9.17, 15) is 13.2 Å². The second kappa shape index (κ2) is 7.02. The Morgan fingerprint density at radius 2 is 1.76 bits per heavy atom. The molecule has 7 heteroatoms. The van der Waals surface area contributed by atoms with Gasteiger partial charge in [-0.05, 0) is 47.0 Å². The number of rotatable bonds is 3. The summed E-state index contributed by atoms with van der Waals surface area (Å²) in [5.41, 5.74) is 7.30.